The molecule has 0 aliphatic carbocycles. The minimum Gasteiger partial charge on any atom is -0.385 e. The fourth-order valence-electron chi connectivity index (χ4n) is 1.71. The van der Waals surface area contributed by atoms with Gasteiger partial charge >= 0.3 is 0 Å². The molecule has 0 saturated carbocycles. The molecule has 0 fully saturated rings. The third-order valence-electron chi connectivity index (χ3n) is 2.42. The van der Waals surface area contributed by atoms with Gasteiger partial charge in [0.15, 0.2) is 0 Å². The molecule has 2 heteroatoms. The van der Waals surface area contributed by atoms with Gasteiger partial charge in [-0.1, -0.05) is 31.5 Å². The summed E-state index contributed by atoms with van der Waals surface area (Å²) in [5, 5.41) is 10.3. The molecule has 1 unspecified atom stereocenters. The Labute approximate surface area is 90.5 Å². The first-order chi connectivity index (χ1) is 6.61. The summed E-state index contributed by atoms with van der Waals surface area (Å²) in [5.41, 5.74) is 0.364. The molecule has 0 heterocycles. The number of hydrogen-bond donors (Lipinski definition) is 1. The first kappa shape index (κ1) is 11.6. The highest BCUT2D eigenvalue weighted by molar-refractivity contribution is 7.98. The smallest absolute Gasteiger partial charge is 0.0879 e. The van der Waals surface area contributed by atoms with Crippen LogP contribution in [0.4, 0.5) is 0 Å². The lowest BCUT2D eigenvalue weighted by molar-refractivity contribution is 0.0443. The van der Waals surface area contributed by atoms with Crippen LogP contribution >= 0.6 is 11.8 Å². The van der Waals surface area contributed by atoms with Gasteiger partial charge in [0.2, 0.25) is 0 Å². The van der Waals surface area contributed by atoms with E-state index in [-0.39, 0.29) is 0 Å². The van der Waals surface area contributed by atoms with Crippen LogP contribution in [0.3, 0.4) is 0 Å². The molecule has 14 heavy (non-hydrogen) atoms. The fraction of sp³-hybridized carbons (Fsp3) is 0.500. The molecule has 0 aliphatic heterocycles. The summed E-state index contributed by atoms with van der Waals surface area (Å²) in [6.07, 6.45) is 3.85. The summed E-state index contributed by atoms with van der Waals surface area (Å²) >= 11 is 1.69. The van der Waals surface area contributed by atoms with Crippen LogP contribution < -0.4 is 0 Å². The van der Waals surface area contributed by atoms with Crippen LogP contribution in [0.1, 0.15) is 32.3 Å². The summed E-state index contributed by atoms with van der Waals surface area (Å²) < 4.78 is 0. The number of hydrogen-bond acceptors (Lipinski definition) is 2. The lowest BCUT2D eigenvalue weighted by Gasteiger charge is -2.25. The zero-order chi connectivity index (χ0) is 10.6. The highest BCUT2D eigenvalue weighted by Gasteiger charge is 2.24. The van der Waals surface area contributed by atoms with E-state index >= 15 is 0 Å². The van der Waals surface area contributed by atoms with E-state index in [0.717, 1.165) is 18.4 Å². The number of thioether (sulfide) groups is 1. The minimum atomic E-state index is -0.686. The van der Waals surface area contributed by atoms with Crippen LogP contribution in [0.5, 0.6) is 0 Å². The second kappa shape index (κ2) is 4.85. The van der Waals surface area contributed by atoms with Crippen LogP contribution in [0.15, 0.2) is 29.2 Å². The molecule has 1 aromatic carbocycles. The van der Waals surface area contributed by atoms with Crippen molar-refractivity contribution in [3.05, 3.63) is 29.8 Å². The Kier molecular flexibility index (Phi) is 4.02. The SMILES string of the molecule is CCCC(C)(O)c1ccccc1SC. The monoisotopic (exact) mass is 210 g/mol. The molecule has 1 nitrogen and oxygen atoms in total. The Morgan fingerprint density at radius 2 is 2.00 bits per heavy atom. The van der Waals surface area contributed by atoms with Crippen molar-refractivity contribution in [1.82, 2.24) is 0 Å². The molecular formula is C12H18OS. The average molecular weight is 210 g/mol. The highest BCUT2D eigenvalue weighted by atomic mass is 32.2. The van der Waals surface area contributed by atoms with Crippen molar-refractivity contribution in [2.45, 2.75) is 37.2 Å². The van der Waals surface area contributed by atoms with E-state index in [9.17, 15) is 5.11 Å². The molecule has 0 spiro atoms. The standard InChI is InChI=1S/C12H18OS/c1-4-9-12(2,13)10-7-5-6-8-11(10)14-3/h5-8,13H,4,9H2,1-3H3. The molecule has 0 bridgehead atoms. The van der Waals surface area contributed by atoms with Crippen molar-refractivity contribution in [3.63, 3.8) is 0 Å². The van der Waals surface area contributed by atoms with E-state index in [1.165, 1.54) is 4.90 Å². The largest absolute Gasteiger partial charge is 0.385 e. The Hall–Kier alpha value is -0.470. The van der Waals surface area contributed by atoms with Gasteiger partial charge in [0.25, 0.3) is 0 Å². The Bertz CT molecular complexity index is 294. The lowest BCUT2D eigenvalue weighted by atomic mass is 9.91. The van der Waals surface area contributed by atoms with Crippen molar-refractivity contribution in [2.75, 3.05) is 6.26 Å². The Morgan fingerprint density at radius 3 is 2.57 bits per heavy atom. The molecule has 0 radical (unpaired) electrons. The van der Waals surface area contributed by atoms with E-state index in [4.69, 9.17) is 0 Å². The normalized spacial score (nSPS) is 15.1. The van der Waals surface area contributed by atoms with Crippen molar-refractivity contribution >= 4 is 11.8 Å². The van der Waals surface area contributed by atoms with Crippen LogP contribution in [-0.2, 0) is 5.60 Å². The van der Waals surface area contributed by atoms with Crippen molar-refractivity contribution in [1.29, 1.82) is 0 Å². The zero-order valence-electron chi connectivity index (χ0n) is 9.08. The van der Waals surface area contributed by atoms with Crippen LogP contribution in [0, 0.1) is 0 Å². The second-order valence-electron chi connectivity index (χ2n) is 3.72. The molecular weight excluding hydrogens is 192 g/mol. The van der Waals surface area contributed by atoms with Gasteiger partial charge in [0, 0.05) is 4.90 Å². The maximum atomic E-state index is 10.3. The maximum absolute atomic E-state index is 10.3. The first-order valence-electron chi connectivity index (χ1n) is 4.97. The predicted octanol–water partition coefficient (Wildman–Crippen LogP) is 3.42. The number of rotatable bonds is 4. The second-order valence-corrected chi connectivity index (χ2v) is 4.57. The average Bonchev–Trinajstić information content (AvgIpc) is 2.18. The summed E-state index contributed by atoms with van der Waals surface area (Å²) in [6.45, 7) is 3.99. The Balaban J connectivity index is 3.04. The van der Waals surface area contributed by atoms with Crippen LogP contribution in [-0.4, -0.2) is 11.4 Å². The highest BCUT2D eigenvalue weighted by Crippen LogP contribution is 2.32. The predicted molar refractivity (Wildman–Crippen MR) is 62.7 cm³/mol. The van der Waals surface area contributed by atoms with Crippen molar-refractivity contribution in [2.24, 2.45) is 0 Å². The van der Waals surface area contributed by atoms with E-state index in [1.54, 1.807) is 11.8 Å². The number of aliphatic hydroxyl groups is 1. The number of benzene rings is 1. The van der Waals surface area contributed by atoms with E-state index in [0.29, 0.717) is 0 Å². The van der Waals surface area contributed by atoms with Gasteiger partial charge in [-0.15, -0.1) is 11.8 Å². The molecule has 0 aromatic heterocycles. The molecule has 0 amide bonds. The quantitative estimate of drug-likeness (QED) is 0.768. The van der Waals surface area contributed by atoms with E-state index < -0.39 is 5.60 Å². The molecule has 0 saturated heterocycles. The van der Waals surface area contributed by atoms with Crippen molar-refractivity contribution < 1.29 is 5.11 Å². The maximum Gasteiger partial charge on any atom is 0.0879 e. The lowest BCUT2D eigenvalue weighted by Crippen LogP contribution is -2.21. The van der Waals surface area contributed by atoms with Gasteiger partial charge < -0.3 is 5.11 Å². The molecule has 1 N–H and O–H groups in total. The van der Waals surface area contributed by atoms with Crippen LogP contribution in [0.2, 0.25) is 0 Å². The first-order valence-corrected chi connectivity index (χ1v) is 6.20. The third kappa shape index (κ3) is 2.52. The van der Waals surface area contributed by atoms with Gasteiger partial charge in [-0.25, -0.2) is 0 Å². The van der Waals surface area contributed by atoms with E-state index in [1.807, 2.05) is 31.4 Å². The van der Waals surface area contributed by atoms with Gasteiger partial charge in [-0.3, -0.25) is 0 Å². The molecule has 1 rings (SSSR count). The van der Waals surface area contributed by atoms with Crippen LogP contribution in [0.25, 0.3) is 0 Å². The summed E-state index contributed by atoms with van der Waals surface area (Å²) in [7, 11) is 0. The summed E-state index contributed by atoms with van der Waals surface area (Å²) in [5.74, 6) is 0. The summed E-state index contributed by atoms with van der Waals surface area (Å²) in [6, 6.07) is 8.07. The van der Waals surface area contributed by atoms with Gasteiger partial charge in [-0.2, -0.15) is 0 Å². The molecule has 1 atom stereocenters. The molecule has 78 valence electrons. The minimum absolute atomic E-state index is 0.686. The molecule has 1 aromatic rings. The van der Waals surface area contributed by atoms with E-state index in [2.05, 4.69) is 13.0 Å². The van der Waals surface area contributed by atoms with Crippen molar-refractivity contribution in [3.8, 4) is 0 Å². The third-order valence-corrected chi connectivity index (χ3v) is 3.22. The Morgan fingerprint density at radius 1 is 1.36 bits per heavy atom. The van der Waals surface area contributed by atoms with Gasteiger partial charge in [0.05, 0.1) is 5.60 Å². The summed E-state index contributed by atoms with van der Waals surface area (Å²) in [4.78, 5) is 1.17. The topological polar surface area (TPSA) is 20.2 Å². The zero-order valence-corrected chi connectivity index (χ0v) is 9.90. The van der Waals surface area contributed by atoms with Gasteiger partial charge in [0.1, 0.15) is 0 Å². The molecule has 0 aliphatic rings. The van der Waals surface area contributed by atoms with Gasteiger partial charge in [-0.05, 0) is 31.2 Å². The fourth-order valence-corrected chi connectivity index (χ4v) is 2.43.